The van der Waals surface area contributed by atoms with Gasteiger partial charge < -0.3 is 10.5 Å². The van der Waals surface area contributed by atoms with Crippen LogP contribution in [0.5, 0.6) is 5.75 Å². The SMILES string of the molecule is Cc1ccc(COc2ccccc2CC(C)N)c(Cl)c1. The van der Waals surface area contributed by atoms with Crippen molar-refractivity contribution in [2.45, 2.75) is 32.9 Å². The molecule has 0 fully saturated rings. The molecule has 2 rings (SSSR count). The molecule has 20 heavy (non-hydrogen) atoms. The van der Waals surface area contributed by atoms with Crippen LogP contribution in [-0.2, 0) is 13.0 Å². The number of para-hydroxylation sites is 1. The number of ether oxygens (including phenoxy) is 1. The standard InChI is InChI=1S/C17H20ClNO/c1-12-7-8-15(16(18)9-12)11-20-17-6-4-3-5-14(17)10-13(2)19/h3-9,13H,10-11,19H2,1-2H3. The third-order valence-electron chi connectivity index (χ3n) is 3.11. The number of aryl methyl sites for hydroxylation is 1. The summed E-state index contributed by atoms with van der Waals surface area (Å²) in [5.74, 6) is 0.876. The van der Waals surface area contributed by atoms with Gasteiger partial charge in [0.15, 0.2) is 0 Å². The van der Waals surface area contributed by atoms with Gasteiger partial charge in [-0.2, -0.15) is 0 Å². The van der Waals surface area contributed by atoms with E-state index in [0.717, 1.165) is 33.9 Å². The Hall–Kier alpha value is -1.51. The minimum atomic E-state index is 0.114. The highest BCUT2D eigenvalue weighted by Crippen LogP contribution is 2.23. The molecule has 0 saturated heterocycles. The maximum Gasteiger partial charge on any atom is 0.123 e. The Labute approximate surface area is 125 Å². The van der Waals surface area contributed by atoms with E-state index < -0.39 is 0 Å². The lowest BCUT2D eigenvalue weighted by Crippen LogP contribution is -2.18. The summed E-state index contributed by atoms with van der Waals surface area (Å²) in [6.45, 7) is 4.48. The molecule has 0 aliphatic rings. The molecule has 0 saturated carbocycles. The van der Waals surface area contributed by atoms with Gasteiger partial charge >= 0.3 is 0 Å². The van der Waals surface area contributed by atoms with Crippen LogP contribution in [-0.4, -0.2) is 6.04 Å². The van der Waals surface area contributed by atoms with Gasteiger partial charge in [-0.05, 0) is 43.5 Å². The first-order chi connectivity index (χ1) is 9.56. The molecule has 2 N–H and O–H groups in total. The first-order valence-corrected chi connectivity index (χ1v) is 7.15. The predicted molar refractivity (Wildman–Crippen MR) is 84.3 cm³/mol. The Bertz CT molecular complexity index is 581. The summed E-state index contributed by atoms with van der Waals surface area (Å²) in [7, 11) is 0. The highest BCUT2D eigenvalue weighted by molar-refractivity contribution is 6.31. The van der Waals surface area contributed by atoms with E-state index in [9.17, 15) is 0 Å². The smallest absolute Gasteiger partial charge is 0.123 e. The molecule has 2 nitrogen and oxygen atoms in total. The second-order valence-electron chi connectivity index (χ2n) is 5.17. The van der Waals surface area contributed by atoms with E-state index in [1.165, 1.54) is 0 Å². The van der Waals surface area contributed by atoms with Gasteiger partial charge in [0.1, 0.15) is 12.4 Å². The molecule has 0 aromatic heterocycles. The second kappa shape index (κ2) is 6.78. The van der Waals surface area contributed by atoms with E-state index in [1.54, 1.807) is 0 Å². The molecular weight excluding hydrogens is 270 g/mol. The summed E-state index contributed by atoms with van der Waals surface area (Å²) < 4.78 is 5.90. The molecule has 0 aliphatic carbocycles. The molecule has 2 aromatic carbocycles. The van der Waals surface area contributed by atoms with E-state index in [1.807, 2.05) is 50.2 Å². The van der Waals surface area contributed by atoms with Crippen molar-refractivity contribution >= 4 is 11.6 Å². The van der Waals surface area contributed by atoms with Crippen molar-refractivity contribution in [1.29, 1.82) is 0 Å². The van der Waals surface area contributed by atoms with Gasteiger partial charge in [-0.25, -0.2) is 0 Å². The van der Waals surface area contributed by atoms with Gasteiger partial charge in [-0.15, -0.1) is 0 Å². The monoisotopic (exact) mass is 289 g/mol. The molecule has 2 aromatic rings. The number of hydrogen-bond acceptors (Lipinski definition) is 2. The van der Waals surface area contributed by atoms with Gasteiger partial charge in [0, 0.05) is 16.6 Å². The molecule has 106 valence electrons. The fraction of sp³-hybridized carbons (Fsp3) is 0.294. The average molecular weight is 290 g/mol. The fourth-order valence-electron chi connectivity index (χ4n) is 2.09. The molecule has 0 radical (unpaired) electrons. The number of rotatable bonds is 5. The van der Waals surface area contributed by atoms with Gasteiger partial charge in [-0.1, -0.05) is 41.9 Å². The third-order valence-corrected chi connectivity index (χ3v) is 3.46. The fourth-order valence-corrected chi connectivity index (χ4v) is 2.37. The van der Waals surface area contributed by atoms with Crippen molar-refractivity contribution in [3.8, 4) is 5.75 Å². The molecular formula is C17H20ClNO. The van der Waals surface area contributed by atoms with Crippen LogP contribution in [0.4, 0.5) is 0 Å². The summed E-state index contributed by atoms with van der Waals surface area (Å²) in [6.07, 6.45) is 0.803. The number of benzene rings is 2. The largest absolute Gasteiger partial charge is 0.489 e. The molecule has 0 bridgehead atoms. The lowest BCUT2D eigenvalue weighted by Gasteiger charge is -2.13. The maximum atomic E-state index is 6.22. The Kier molecular flexibility index (Phi) is 5.05. The first kappa shape index (κ1) is 14.9. The molecule has 1 unspecified atom stereocenters. The van der Waals surface area contributed by atoms with E-state index in [2.05, 4.69) is 6.07 Å². The zero-order valence-electron chi connectivity index (χ0n) is 11.9. The Balaban J connectivity index is 2.10. The lowest BCUT2D eigenvalue weighted by atomic mass is 10.1. The zero-order chi connectivity index (χ0) is 14.5. The van der Waals surface area contributed by atoms with Gasteiger partial charge in [0.25, 0.3) is 0 Å². The first-order valence-electron chi connectivity index (χ1n) is 6.77. The summed E-state index contributed by atoms with van der Waals surface area (Å²) in [5.41, 5.74) is 9.14. The topological polar surface area (TPSA) is 35.2 Å². The lowest BCUT2D eigenvalue weighted by molar-refractivity contribution is 0.302. The summed E-state index contributed by atoms with van der Waals surface area (Å²) in [6, 6.07) is 14.1. The van der Waals surface area contributed by atoms with Crippen LogP contribution in [0, 0.1) is 6.92 Å². The van der Waals surface area contributed by atoms with Crippen molar-refractivity contribution in [3.63, 3.8) is 0 Å². The van der Waals surface area contributed by atoms with Crippen LogP contribution in [0.3, 0.4) is 0 Å². The van der Waals surface area contributed by atoms with Crippen LogP contribution in [0.15, 0.2) is 42.5 Å². The number of hydrogen-bond donors (Lipinski definition) is 1. The highest BCUT2D eigenvalue weighted by atomic mass is 35.5. The quantitative estimate of drug-likeness (QED) is 0.899. The van der Waals surface area contributed by atoms with E-state index in [4.69, 9.17) is 22.1 Å². The van der Waals surface area contributed by atoms with Crippen molar-refractivity contribution in [2.75, 3.05) is 0 Å². The Morgan fingerprint density at radius 1 is 1.15 bits per heavy atom. The molecule has 0 amide bonds. The normalized spacial score (nSPS) is 12.2. The number of nitrogens with two attached hydrogens (primary N) is 1. The Morgan fingerprint density at radius 3 is 2.60 bits per heavy atom. The zero-order valence-corrected chi connectivity index (χ0v) is 12.7. The highest BCUT2D eigenvalue weighted by Gasteiger charge is 2.07. The minimum Gasteiger partial charge on any atom is -0.489 e. The average Bonchev–Trinajstić information content (AvgIpc) is 2.39. The van der Waals surface area contributed by atoms with Crippen LogP contribution in [0.25, 0.3) is 0 Å². The summed E-state index contributed by atoms with van der Waals surface area (Å²) >= 11 is 6.22. The minimum absolute atomic E-state index is 0.114. The molecule has 1 atom stereocenters. The van der Waals surface area contributed by atoms with Gasteiger partial charge in [0.05, 0.1) is 0 Å². The van der Waals surface area contributed by atoms with Crippen LogP contribution < -0.4 is 10.5 Å². The molecule has 0 spiro atoms. The maximum absolute atomic E-state index is 6.22. The van der Waals surface area contributed by atoms with Crippen LogP contribution in [0.2, 0.25) is 5.02 Å². The van der Waals surface area contributed by atoms with Crippen molar-refractivity contribution in [2.24, 2.45) is 5.73 Å². The Morgan fingerprint density at radius 2 is 1.90 bits per heavy atom. The summed E-state index contributed by atoms with van der Waals surface area (Å²) in [4.78, 5) is 0. The third kappa shape index (κ3) is 3.99. The van der Waals surface area contributed by atoms with E-state index in [0.29, 0.717) is 6.61 Å². The van der Waals surface area contributed by atoms with E-state index in [-0.39, 0.29) is 6.04 Å². The van der Waals surface area contributed by atoms with Crippen molar-refractivity contribution < 1.29 is 4.74 Å². The molecule has 3 heteroatoms. The molecule has 0 heterocycles. The summed E-state index contributed by atoms with van der Waals surface area (Å²) in [5, 5.41) is 0.745. The van der Waals surface area contributed by atoms with Gasteiger partial charge in [0.2, 0.25) is 0 Å². The van der Waals surface area contributed by atoms with E-state index >= 15 is 0 Å². The predicted octanol–water partition coefficient (Wildman–Crippen LogP) is 4.12. The second-order valence-corrected chi connectivity index (χ2v) is 5.58. The van der Waals surface area contributed by atoms with Crippen LogP contribution in [0.1, 0.15) is 23.6 Å². The van der Waals surface area contributed by atoms with Gasteiger partial charge in [-0.3, -0.25) is 0 Å². The van der Waals surface area contributed by atoms with Crippen molar-refractivity contribution in [1.82, 2.24) is 0 Å². The molecule has 0 aliphatic heterocycles. The number of halogens is 1. The van der Waals surface area contributed by atoms with Crippen LogP contribution >= 0.6 is 11.6 Å². The van der Waals surface area contributed by atoms with Crippen molar-refractivity contribution in [3.05, 3.63) is 64.2 Å².